The van der Waals surface area contributed by atoms with Crippen LogP contribution in [0.4, 0.5) is 0 Å². The lowest BCUT2D eigenvalue weighted by Gasteiger charge is -2.40. The minimum Gasteiger partial charge on any atom is -0.341 e. The monoisotopic (exact) mass is 340 g/mol. The number of aromatic nitrogens is 1. The highest BCUT2D eigenvalue weighted by molar-refractivity contribution is 5.85. The Kier molecular flexibility index (Phi) is 5.44. The SMILES string of the molecule is N#CC1(C(=O)N2CCC(C=O)CC2)CCN(Cc2ccncc2)CC1. The smallest absolute Gasteiger partial charge is 0.243 e. The standard InChI is InChI=1S/C19H24N4O2/c20-15-19(18(25)23-9-3-17(14-24)4-10-23)5-11-22(12-6-19)13-16-1-7-21-8-2-16/h1-2,7-8,14,17H,3-6,9-13H2. The zero-order valence-electron chi connectivity index (χ0n) is 14.4. The van der Waals surface area contributed by atoms with Crippen LogP contribution in [0.15, 0.2) is 24.5 Å². The molecule has 3 heterocycles. The molecule has 0 saturated carbocycles. The molecule has 2 aliphatic rings. The molecule has 0 aromatic carbocycles. The van der Waals surface area contributed by atoms with E-state index < -0.39 is 5.41 Å². The number of amides is 1. The Morgan fingerprint density at radius 3 is 2.44 bits per heavy atom. The van der Waals surface area contributed by atoms with E-state index in [9.17, 15) is 14.9 Å². The number of rotatable bonds is 4. The third kappa shape index (κ3) is 3.88. The third-order valence-corrected chi connectivity index (χ3v) is 5.51. The highest BCUT2D eigenvalue weighted by Crippen LogP contribution is 2.34. The molecular formula is C19H24N4O2. The van der Waals surface area contributed by atoms with Gasteiger partial charge in [-0.15, -0.1) is 0 Å². The Hall–Kier alpha value is -2.26. The summed E-state index contributed by atoms with van der Waals surface area (Å²) in [6, 6.07) is 6.32. The maximum absolute atomic E-state index is 13.0. The van der Waals surface area contributed by atoms with Crippen molar-refractivity contribution in [3.63, 3.8) is 0 Å². The fraction of sp³-hybridized carbons (Fsp3) is 0.579. The highest BCUT2D eigenvalue weighted by Gasteiger charge is 2.44. The van der Waals surface area contributed by atoms with Gasteiger partial charge in [-0.2, -0.15) is 5.26 Å². The van der Waals surface area contributed by atoms with E-state index in [1.165, 1.54) is 5.56 Å². The fourth-order valence-electron chi connectivity index (χ4n) is 3.75. The quantitative estimate of drug-likeness (QED) is 0.779. The van der Waals surface area contributed by atoms with Crippen LogP contribution in [0, 0.1) is 22.7 Å². The molecule has 2 fully saturated rings. The summed E-state index contributed by atoms with van der Waals surface area (Å²) in [5.41, 5.74) is 0.296. The van der Waals surface area contributed by atoms with Crippen molar-refractivity contribution in [3.8, 4) is 6.07 Å². The maximum atomic E-state index is 13.0. The Labute approximate surface area is 148 Å². The molecule has 0 aliphatic carbocycles. The second kappa shape index (κ2) is 7.75. The molecule has 2 aliphatic heterocycles. The van der Waals surface area contributed by atoms with Gasteiger partial charge in [0.25, 0.3) is 0 Å². The molecular weight excluding hydrogens is 316 g/mol. The van der Waals surface area contributed by atoms with Crippen molar-refractivity contribution in [2.75, 3.05) is 26.2 Å². The number of pyridine rings is 1. The van der Waals surface area contributed by atoms with Gasteiger partial charge in [0, 0.05) is 51.0 Å². The largest absolute Gasteiger partial charge is 0.341 e. The Balaban J connectivity index is 1.58. The molecule has 0 N–H and O–H groups in total. The molecule has 132 valence electrons. The zero-order valence-corrected chi connectivity index (χ0v) is 14.4. The lowest BCUT2D eigenvalue weighted by molar-refractivity contribution is -0.143. The van der Waals surface area contributed by atoms with Crippen molar-refractivity contribution in [1.29, 1.82) is 5.26 Å². The maximum Gasteiger partial charge on any atom is 0.243 e. The Morgan fingerprint density at radius 1 is 1.24 bits per heavy atom. The van der Waals surface area contributed by atoms with Gasteiger partial charge in [-0.25, -0.2) is 0 Å². The van der Waals surface area contributed by atoms with Crippen molar-refractivity contribution in [1.82, 2.24) is 14.8 Å². The van der Waals surface area contributed by atoms with E-state index in [1.54, 1.807) is 17.3 Å². The van der Waals surface area contributed by atoms with Crippen LogP contribution < -0.4 is 0 Å². The van der Waals surface area contributed by atoms with Crippen LogP contribution in [0.1, 0.15) is 31.2 Å². The number of likely N-dealkylation sites (tertiary alicyclic amines) is 2. The van der Waals surface area contributed by atoms with E-state index in [1.807, 2.05) is 12.1 Å². The topological polar surface area (TPSA) is 77.3 Å². The summed E-state index contributed by atoms with van der Waals surface area (Å²) in [4.78, 5) is 31.9. The van der Waals surface area contributed by atoms with Gasteiger partial charge < -0.3 is 9.69 Å². The second-order valence-corrected chi connectivity index (χ2v) is 7.09. The number of hydrogen-bond donors (Lipinski definition) is 0. The predicted octanol–water partition coefficient (Wildman–Crippen LogP) is 1.62. The van der Waals surface area contributed by atoms with E-state index in [2.05, 4.69) is 16.0 Å². The molecule has 1 aromatic heterocycles. The molecule has 2 saturated heterocycles. The molecule has 0 radical (unpaired) electrons. The summed E-state index contributed by atoms with van der Waals surface area (Å²) in [7, 11) is 0. The number of carbonyl (C=O) groups excluding carboxylic acids is 2. The number of nitriles is 1. The molecule has 1 aromatic rings. The molecule has 6 nitrogen and oxygen atoms in total. The van der Waals surface area contributed by atoms with Crippen LogP contribution in [0.3, 0.4) is 0 Å². The fourth-order valence-corrected chi connectivity index (χ4v) is 3.75. The van der Waals surface area contributed by atoms with Gasteiger partial charge in [0.15, 0.2) is 0 Å². The molecule has 3 rings (SSSR count). The van der Waals surface area contributed by atoms with Gasteiger partial charge in [0.2, 0.25) is 5.91 Å². The first kappa shape index (κ1) is 17.6. The summed E-state index contributed by atoms with van der Waals surface area (Å²) in [6.07, 6.45) is 7.12. The van der Waals surface area contributed by atoms with Crippen LogP contribution >= 0.6 is 0 Å². The number of piperidine rings is 2. The van der Waals surface area contributed by atoms with E-state index >= 15 is 0 Å². The van der Waals surface area contributed by atoms with Crippen LogP contribution in [0.2, 0.25) is 0 Å². The van der Waals surface area contributed by atoms with E-state index in [-0.39, 0.29) is 11.8 Å². The van der Waals surface area contributed by atoms with Crippen molar-refractivity contribution in [3.05, 3.63) is 30.1 Å². The summed E-state index contributed by atoms with van der Waals surface area (Å²) in [6.45, 7) is 3.49. The molecule has 0 atom stereocenters. The van der Waals surface area contributed by atoms with E-state index in [0.717, 1.165) is 25.9 Å². The first-order valence-corrected chi connectivity index (χ1v) is 8.94. The highest BCUT2D eigenvalue weighted by atomic mass is 16.2. The van der Waals surface area contributed by atoms with Gasteiger partial charge in [0.1, 0.15) is 11.7 Å². The minimum atomic E-state index is -0.900. The molecule has 6 heteroatoms. The first-order chi connectivity index (χ1) is 12.2. The summed E-state index contributed by atoms with van der Waals surface area (Å²) < 4.78 is 0. The van der Waals surface area contributed by atoms with Gasteiger partial charge >= 0.3 is 0 Å². The number of aldehydes is 1. The van der Waals surface area contributed by atoms with Crippen molar-refractivity contribution >= 4 is 12.2 Å². The average Bonchev–Trinajstić information content (AvgIpc) is 2.69. The van der Waals surface area contributed by atoms with Crippen molar-refractivity contribution in [2.24, 2.45) is 11.3 Å². The molecule has 0 unspecified atom stereocenters. The van der Waals surface area contributed by atoms with Gasteiger partial charge in [-0.1, -0.05) is 0 Å². The lowest BCUT2D eigenvalue weighted by Crippen LogP contribution is -2.51. The zero-order chi connectivity index (χ0) is 17.7. The second-order valence-electron chi connectivity index (χ2n) is 7.09. The predicted molar refractivity (Wildman–Crippen MR) is 92.2 cm³/mol. The van der Waals surface area contributed by atoms with Crippen LogP contribution in [0.25, 0.3) is 0 Å². The Morgan fingerprint density at radius 2 is 1.88 bits per heavy atom. The number of carbonyl (C=O) groups is 2. The number of hydrogen-bond acceptors (Lipinski definition) is 5. The summed E-state index contributed by atoms with van der Waals surface area (Å²) in [5, 5.41) is 9.74. The molecule has 25 heavy (non-hydrogen) atoms. The Bertz CT molecular complexity index is 639. The van der Waals surface area contributed by atoms with E-state index in [4.69, 9.17) is 0 Å². The third-order valence-electron chi connectivity index (χ3n) is 5.51. The number of nitrogens with zero attached hydrogens (tertiary/aromatic N) is 4. The summed E-state index contributed by atoms with van der Waals surface area (Å²) in [5.74, 6) is 0.0206. The first-order valence-electron chi connectivity index (χ1n) is 8.94. The van der Waals surface area contributed by atoms with Gasteiger partial charge in [-0.05, 0) is 43.4 Å². The van der Waals surface area contributed by atoms with Crippen molar-refractivity contribution < 1.29 is 9.59 Å². The van der Waals surface area contributed by atoms with Crippen LogP contribution in [0.5, 0.6) is 0 Å². The van der Waals surface area contributed by atoms with Crippen molar-refractivity contribution in [2.45, 2.75) is 32.2 Å². The molecule has 0 spiro atoms. The molecule has 0 bridgehead atoms. The summed E-state index contributed by atoms with van der Waals surface area (Å²) >= 11 is 0. The normalized spacial score (nSPS) is 21.5. The van der Waals surface area contributed by atoms with Gasteiger partial charge in [0.05, 0.1) is 6.07 Å². The van der Waals surface area contributed by atoms with E-state index in [0.29, 0.717) is 38.8 Å². The van der Waals surface area contributed by atoms with Crippen LogP contribution in [-0.4, -0.2) is 53.2 Å². The van der Waals surface area contributed by atoms with Crippen LogP contribution in [-0.2, 0) is 16.1 Å². The average molecular weight is 340 g/mol. The lowest BCUT2D eigenvalue weighted by atomic mass is 9.77. The van der Waals surface area contributed by atoms with Gasteiger partial charge in [-0.3, -0.25) is 14.7 Å². The minimum absolute atomic E-state index is 0.0390. The molecule has 1 amide bonds.